The summed E-state index contributed by atoms with van der Waals surface area (Å²) < 4.78 is 32.1. The average molecular weight is 827 g/mol. The van der Waals surface area contributed by atoms with Crippen molar-refractivity contribution in [3.05, 3.63) is 24.3 Å². The highest BCUT2D eigenvalue weighted by atomic mass is 31.2. The van der Waals surface area contributed by atoms with E-state index >= 15 is 0 Å². The average Bonchev–Trinajstić information content (AvgIpc) is 3.20. The molecule has 0 amide bonds. The molecule has 8 nitrogen and oxygen atoms in total. The van der Waals surface area contributed by atoms with E-state index in [1.54, 1.807) is 0 Å². The maximum Gasteiger partial charge on any atom is 0.472 e. The number of phosphoric acid groups is 1. The Morgan fingerprint density at radius 3 is 1.14 bits per heavy atom. The number of hydrogen-bond donors (Lipinski definition) is 1. The molecule has 0 saturated heterocycles. The van der Waals surface area contributed by atoms with E-state index in [9.17, 15) is 19.0 Å². The SMILES string of the molecule is CCCCCCCC/C=C\CCCCCCCCCCCC(=O)OCC(COP(=O)(O)OC)OC(=O)CCCCCCCCCCC/C=C\CCCCCCCC. The molecule has 0 aromatic rings. The molecule has 0 bridgehead atoms. The van der Waals surface area contributed by atoms with Gasteiger partial charge in [0.05, 0.1) is 6.61 Å². The number of carbonyl (C=O) groups is 2. The minimum Gasteiger partial charge on any atom is -0.462 e. The monoisotopic (exact) mass is 827 g/mol. The van der Waals surface area contributed by atoms with Gasteiger partial charge in [0.15, 0.2) is 6.10 Å². The standard InChI is InChI=1S/C48H91O8P/c1-4-6-8-10-12-14-16-18-20-22-24-26-28-30-32-34-36-38-40-42-47(49)54-44-46(45-55-57(51,52)53-3)56-48(50)43-41-39-37-35-33-31-29-27-25-23-21-19-17-15-13-11-9-7-5-2/h18-21,46H,4-17,22-45H2,1-3H3,(H,51,52)/b20-18-,21-19-. The highest BCUT2D eigenvalue weighted by molar-refractivity contribution is 7.47. The number of phosphoric ester groups is 1. The van der Waals surface area contributed by atoms with E-state index in [1.807, 2.05) is 0 Å². The summed E-state index contributed by atoms with van der Waals surface area (Å²) >= 11 is 0. The van der Waals surface area contributed by atoms with Crippen molar-refractivity contribution >= 4 is 19.8 Å². The molecule has 0 radical (unpaired) electrons. The van der Waals surface area contributed by atoms with E-state index in [0.717, 1.165) is 39.2 Å². The molecule has 0 heterocycles. The maximum absolute atomic E-state index is 12.5. The van der Waals surface area contributed by atoms with E-state index < -0.39 is 26.5 Å². The molecule has 2 atom stereocenters. The van der Waals surface area contributed by atoms with Crippen LogP contribution in [0.4, 0.5) is 0 Å². The van der Waals surface area contributed by atoms with E-state index in [1.165, 1.54) is 180 Å². The molecule has 0 saturated carbocycles. The molecule has 9 heteroatoms. The second-order valence-electron chi connectivity index (χ2n) is 16.2. The smallest absolute Gasteiger partial charge is 0.462 e. The number of esters is 2. The van der Waals surface area contributed by atoms with Crippen molar-refractivity contribution < 1.29 is 37.6 Å². The Labute approximate surface area is 352 Å². The lowest BCUT2D eigenvalue weighted by molar-refractivity contribution is -0.161. The lowest BCUT2D eigenvalue weighted by Crippen LogP contribution is -2.29. The Kier molecular flexibility index (Phi) is 43.0. The third-order valence-electron chi connectivity index (χ3n) is 10.7. The molecule has 57 heavy (non-hydrogen) atoms. The van der Waals surface area contributed by atoms with E-state index in [4.69, 9.17) is 14.0 Å². The number of carbonyl (C=O) groups excluding carboxylic acids is 2. The van der Waals surface area contributed by atoms with Gasteiger partial charge in [0.2, 0.25) is 0 Å². The minimum absolute atomic E-state index is 0.224. The van der Waals surface area contributed by atoms with Gasteiger partial charge in [-0.2, -0.15) is 0 Å². The van der Waals surface area contributed by atoms with Crippen LogP contribution in [0.3, 0.4) is 0 Å². The second kappa shape index (κ2) is 44.1. The van der Waals surface area contributed by atoms with Crippen molar-refractivity contribution in [1.29, 1.82) is 0 Å². The number of unbranched alkanes of at least 4 members (excludes halogenated alkanes) is 30. The quantitative estimate of drug-likeness (QED) is 0.0280. The minimum atomic E-state index is -4.26. The Morgan fingerprint density at radius 1 is 0.474 bits per heavy atom. The normalized spacial score (nSPS) is 13.4. The topological polar surface area (TPSA) is 108 Å². The van der Waals surface area contributed by atoms with Crippen molar-refractivity contribution in [3.63, 3.8) is 0 Å². The van der Waals surface area contributed by atoms with Gasteiger partial charge in [-0.15, -0.1) is 0 Å². The zero-order valence-electron chi connectivity index (χ0n) is 37.5. The molecule has 0 rings (SSSR count). The molecule has 0 aliphatic rings. The largest absolute Gasteiger partial charge is 0.472 e. The number of ether oxygens (including phenoxy) is 2. The fourth-order valence-corrected chi connectivity index (χ4v) is 7.40. The van der Waals surface area contributed by atoms with Crippen LogP contribution >= 0.6 is 7.82 Å². The Hall–Kier alpha value is -1.47. The van der Waals surface area contributed by atoms with Crippen LogP contribution in [0.2, 0.25) is 0 Å². The highest BCUT2D eigenvalue weighted by Crippen LogP contribution is 2.42. The molecule has 0 aliphatic carbocycles. The van der Waals surface area contributed by atoms with Gasteiger partial charge in [0.1, 0.15) is 6.61 Å². The molecular formula is C48H91O8P. The molecule has 0 spiro atoms. The van der Waals surface area contributed by atoms with Crippen LogP contribution in [0.25, 0.3) is 0 Å². The molecule has 0 aromatic heterocycles. The third kappa shape index (κ3) is 43.9. The van der Waals surface area contributed by atoms with Crippen LogP contribution in [0.5, 0.6) is 0 Å². The van der Waals surface area contributed by atoms with Crippen molar-refractivity contribution in [2.24, 2.45) is 0 Å². The Morgan fingerprint density at radius 2 is 0.789 bits per heavy atom. The summed E-state index contributed by atoms with van der Waals surface area (Å²) in [5.74, 6) is -0.798. The molecule has 0 aliphatic heterocycles. The summed E-state index contributed by atoms with van der Waals surface area (Å²) in [7, 11) is -3.20. The van der Waals surface area contributed by atoms with Crippen LogP contribution in [0.1, 0.15) is 245 Å². The van der Waals surface area contributed by atoms with E-state index in [2.05, 4.69) is 42.7 Å². The van der Waals surface area contributed by atoms with Gasteiger partial charge < -0.3 is 14.4 Å². The number of allylic oxidation sites excluding steroid dienone is 4. The summed E-state index contributed by atoms with van der Waals surface area (Å²) in [6, 6.07) is 0. The summed E-state index contributed by atoms with van der Waals surface area (Å²) in [4.78, 5) is 34.6. The Bertz CT molecular complexity index is 983. The molecule has 0 aromatic carbocycles. The predicted molar refractivity (Wildman–Crippen MR) is 239 cm³/mol. The predicted octanol–water partition coefficient (Wildman–Crippen LogP) is 15.4. The molecule has 2 unspecified atom stereocenters. The van der Waals surface area contributed by atoms with E-state index in [0.29, 0.717) is 12.8 Å². The van der Waals surface area contributed by atoms with Gasteiger partial charge in [-0.1, -0.05) is 192 Å². The van der Waals surface area contributed by atoms with Gasteiger partial charge in [0, 0.05) is 20.0 Å². The fourth-order valence-electron chi connectivity index (χ4n) is 6.94. The summed E-state index contributed by atoms with van der Waals surface area (Å²) in [6.07, 6.45) is 50.9. The second-order valence-corrected chi connectivity index (χ2v) is 17.8. The van der Waals surface area contributed by atoms with E-state index in [-0.39, 0.29) is 19.0 Å². The molecule has 1 N–H and O–H groups in total. The summed E-state index contributed by atoms with van der Waals surface area (Å²) in [5.41, 5.74) is 0. The lowest BCUT2D eigenvalue weighted by atomic mass is 10.1. The molecular weight excluding hydrogens is 735 g/mol. The van der Waals surface area contributed by atoms with Crippen LogP contribution < -0.4 is 0 Å². The summed E-state index contributed by atoms with van der Waals surface area (Å²) in [6.45, 7) is 3.91. The first-order valence-electron chi connectivity index (χ1n) is 24.0. The van der Waals surface area contributed by atoms with Gasteiger partial charge in [0.25, 0.3) is 0 Å². The van der Waals surface area contributed by atoms with Crippen LogP contribution in [-0.4, -0.2) is 43.3 Å². The van der Waals surface area contributed by atoms with Gasteiger partial charge in [-0.3, -0.25) is 18.6 Å². The lowest BCUT2D eigenvalue weighted by Gasteiger charge is -2.19. The zero-order chi connectivity index (χ0) is 41.8. The maximum atomic E-state index is 12.5. The van der Waals surface area contributed by atoms with Gasteiger partial charge >= 0.3 is 19.8 Å². The highest BCUT2D eigenvalue weighted by Gasteiger charge is 2.24. The molecule has 336 valence electrons. The van der Waals surface area contributed by atoms with Crippen molar-refractivity contribution in [2.75, 3.05) is 20.3 Å². The fraction of sp³-hybridized carbons (Fsp3) is 0.875. The first-order valence-corrected chi connectivity index (χ1v) is 25.5. The first-order chi connectivity index (χ1) is 27.8. The van der Waals surface area contributed by atoms with Crippen LogP contribution in [-0.2, 0) is 32.7 Å². The van der Waals surface area contributed by atoms with Gasteiger partial charge in [-0.25, -0.2) is 4.57 Å². The Balaban J connectivity index is 3.92. The zero-order valence-corrected chi connectivity index (χ0v) is 38.4. The van der Waals surface area contributed by atoms with Crippen LogP contribution in [0, 0.1) is 0 Å². The molecule has 0 fully saturated rings. The third-order valence-corrected chi connectivity index (χ3v) is 11.6. The first kappa shape index (κ1) is 55.5. The van der Waals surface area contributed by atoms with Gasteiger partial charge in [-0.05, 0) is 64.2 Å². The van der Waals surface area contributed by atoms with Crippen molar-refractivity contribution in [2.45, 2.75) is 251 Å². The van der Waals surface area contributed by atoms with Crippen molar-refractivity contribution in [3.8, 4) is 0 Å². The summed E-state index contributed by atoms with van der Waals surface area (Å²) in [5, 5.41) is 0. The van der Waals surface area contributed by atoms with Crippen LogP contribution in [0.15, 0.2) is 24.3 Å². The number of rotatable bonds is 45. The van der Waals surface area contributed by atoms with Crippen molar-refractivity contribution in [1.82, 2.24) is 0 Å². The number of hydrogen-bond acceptors (Lipinski definition) is 7.